The predicted molar refractivity (Wildman–Crippen MR) is 101 cm³/mol. The quantitative estimate of drug-likeness (QED) is 0.647. The summed E-state index contributed by atoms with van der Waals surface area (Å²) in [5.74, 6) is 0.650. The van der Waals surface area contributed by atoms with E-state index in [1.165, 1.54) is 0 Å². The molecule has 7 nitrogen and oxygen atoms in total. The number of aryl methyl sites for hydroxylation is 2. The Morgan fingerprint density at radius 1 is 1.33 bits per heavy atom. The van der Waals surface area contributed by atoms with Crippen LogP contribution >= 0.6 is 0 Å². The molecule has 2 heterocycles. The first-order valence-electron chi connectivity index (χ1n) is 9.10. The van der Waals surface area contributed by atoms with E-state index in [0.717, 1.165) is 16.8 Å². The Kier molecular flexibility index (Phi) is 4.53. The lowest BCUT2D eigenvalue weighted by Crippen LogP contribution is -2.41. The van der Waals surface area contributed by atoms with Crippen LogP contribution in [0.15, 0.2) is 42.7 Å². The van der Waals surface area contributed by atoms with Gasteiger partial charge in [-0.1, -0.05) is 30.3 Å². The molecule has 27 heavy (non-hydrogen) atoms. The van der Waals surface area contributed by atoms with Crippen molar-refractivity contribution in [1.29, 1.82) is 0 Å². The van der Waals surface area contributed by atoms with E-state index in [-0.39, 0.29) is 24.0 Å². The van der Waals surface area contributed by atoms with E-state index >= 15 is 0 Å². The van der Waals surface area contributed by atoms with Crippen LogP contribution in [0.1, 0.15) is 40.6 Å². The van der Waals surface area contributed by atoms with E-state index in [9.17, 15) is 9.90 Å². The maximum Gasteiger partial charge on any atom is 0.272 e. The fourth-order valence-electron chi connectivity index (χ4n) is 3.60. The van der Waals surface area contributed by atoms with Gasteiger partial charge < -0.3 is 15.4 Å². The highest BCUT2D eigenvalue weighted by atomic mass is 16.3. The van der Waals surface area contributed by atoms with Crippen LogP contribution in [0.4, 0.5) is 0 Å². The summed E-state index contributed by atoms with van der Waals surface area (Å²) in [5, 5.41) is 17.0. The number of nitrogens with one attached hydrogen (secondary N) is 2. The Labute approximate surface area is 157 Å². The number of carbonyl (C=O) groups excluding carboxylic acids is 1. The third-order valence-corrected chi connectivity index (χ3v) is 5.14. The number of aromatic nitrogens is 4. The normalized spacial score (nSPS) is 20.1. The molecular formula is C20H23N5O2. The Morgan fingerprint density at radius 3 is 2.70 bits per heavy atom. The molecule has 7 heteroatoms. The average Bonchev–Trinajstić information content (AvgIpc) is 3.24. The van der Waals surface area contributed by atoms with Crippen LogP contribution in [0.2, 0.25) is 0 Å². The highest BCUT2D eigenvalue weighted by Crippen LogP contribution is 2.38. The Morgan fingerprint density at radius 2 is 2.07 bits per heavy atom. The number of imidazole rings is 1. The Bertz CT molecular complexity index is 940. The number of amides is 1. The van der Waals surface area contributed by atoms with E-state index in [0.29, 0.717) is 24.4 Å². The van der Waals surface area contributed by atoms with E-state index < -0.39 is 0 Å². The average molecular weight is 365 g/mol. The summed E-state index contributed by atoms with van der Waals surface area (Å²) in [4.78, 5) is 20.7. The maximum absolute atomic E-state index is 12.9. The minimum atomic E-state index is -0.289. The minimum absolute atomic E-state index is 0.189. The summed E-state index contributed by atoms with van der Waals surface area (Å²) < 4.78 is 1.72. The molecule has 4 rings (SSSR count). The van der Waals surface area contributed by atoms with Crippen molar-refractivity contribution in [3.63, 3.8) is 0 Å². The van der Waals surface area contributed by atoms with Crippen molar-refractivity contribution in [2.75, 3.05) is 0 Å². The molecule has 0 spiro atoms. The lowest BCUT2D eigenvalue weighted by atomic mass is 9.75. The summed E-state index contributed by atoms with van der Waals surface area (Å²) in [5.41, 5.74) is 3.00. The van der Waals surface area contributed by atoms with Crippen LogP contribution in [0, 0.1) is 12.8 Å². The molecule has 2 aromatic heterocycles. The van der Waals surface area contributed by atoms with Gasteiger partial charge in [0.2, 0.25) is 0 Å². The molecule has 1 aromatic carbocycles. The van der Waals surface area contributed by atoms with Crippen molar-refractivity contribution >= 4 is 5.91 Å². The molecule has 0 unspecified atom stereocenters. The molecule has 1 atom stereocenters. The largest absolute Gasteiger partial charge is 0.393 e. The van der Waals surface area contributed by atoms with Crippen LogP contribution < -0.4 is 5.32 Å². The molecule has 1 saturated carbocycles. The zero-order valence-corrected chi connectivity index (χ0v) is 15.4. The van der Waals surface area contributed by atoms with Gasteiger partial charge in [0.15, 0.2) is 0 Å². The first kappa shape index (κ1) is 17.5. The summed E-state index contributed by atoms with van der Waals surface area (Å²) in [6.45, 7) is 1.85. The van der Waals surface area contributed by atoms with Crippen molar-refractivity contribution in [1.82, 2.24) is 25.1 Å². The molecule has 0 aliphatic heterocycles. The zero-order valence-electron chi connectivity index (χ0n) is 15.4. The topological polar surface area (TPSA) is 95.8 Å². The molecule has 3 aromatic rings. The Balaban J connectivity index is 1.57. The Hall–Kier alpha value is -2.93. The molecule has 1 aliphatic rings. The molecule has 140 valence electrons. The van der Waals surface area contributed by atoms with Gasteiger partial charge in [0.25, 0.3) is 5.91 Å². The number of aromatic amines is 1. The van der Waals surface area contributed by atoms with E-state index in [2.05, 4.69) is 20.4 Å². The zero-order chi connectivity index (χ0) is 19.0. The summed E-state index contributed by atoms with van der Waals surface area (Å²) >= 11 is 0. The number of H-pyrrole nitrogens is 1. The van der Waals surface area contributed by atoms with E-state index in [1.807, 2.05) is 50.5 Å². The van der Waals surface area contributed by atoms with Crippen LogP contribution in [0.3, 0.4) is 0 Å². The van der Waals surface area contributed by atoms with Crippen molar-refractivity contribution < 1.29 is 9.90 Å². The van der Waals surface area contributed by atoms with Gasteiger partial charge in [-0.25, -0.2) is 4.98 Å². The lowest BCUT2D eigenvalue weighted by molar-refractivity contribution is 0.0234. The number of aliphatic hydroxyl groups excluding tert-OH is 1. The van der Waals surface area contributed by atoms with Crippen LogP contribution in [0.25, 0.3) is 11.4 Å². The number of carbonyl (C=O) groups is 1. The summed E-state index contributed by atoms with van der Waals surface area (Å²) in [6.07, 6.45) is 4.73. The molecular weight excluding hydrogens is 342 g/mol. The maximum atomic E-state index is 12.9. The second-order valence-electron chi connectivity index (χ2n) is 7.21. The van der Waals surface area contributed by atoms with E-state index in [4.69, 9.17) is 0 Å². The van der Waals surface area contributed by atoms with Gasteiger partial charge in [0, 0.05) is 30.1 Å². The standard InChI is InChI=1S/C20H23N5O2/c1-12-17(23-19(22-12)13-6-4-3-5-7-13)20(27)24-18(14-8-16(26)9-14)15-10-21-25(2)11-15/h3-7,10-11,14,16,18,26H,8-9H2,1-2H3,(H,22,23)(H,24,27)/t14?,16?,18-/m1/s1. The highest BCUT2D eigenvalue weighted by Gasteiger charge is 2.36. The summed E-state index contributed by atoms with van der Waals surface area (Å²) in [7, 11) is 1.85. The van der Waals surface area contributed by atoms with Gasteiger partial charge >= 0.3 is 0 Å². The summed E-state index contributed by atoms with van der Waals surface area (Å²) in [6, 6.07) is 9.53. The molecule has 1 aliphatic carbocycles. The number of aliphatic hydroxyl groups is 1. The third kappa shape index (κ3) is 3.50. The van der Waals surface area contributed by atoms with Crippen LogP contribution in [-0.2, 0) is 7.05 Å². The lowest BCUT2D eigenvalue weighted by Gasteiger charge is -2.37. The van der Waals surface area contributed by atoms with Crippen molar-refractivity contribution in [2.24, 2.45) is 13.0 Å². The molecule has 1 amide bonds. The van der Waals surface area contributed by atoms with Gasteiger partial charge in [-0.05, 0) is 25.7 Å². The number of nitrogens with zero attached hydrogens (tertiary/aromatic N) is 3. The van der Waals surface area contributed by atoms with Crippen LogP contribution in [0.5, 0.6) is 0 Å². The van der Waals surface area contributed by atoms with Crippen molar-refractivity contribution in [3.05, 3.63) is 59.7 Å². The second-order valence-corrected chi connectivity index (χ2v) is 7.21. The number of rotatable bonds is 5. The molecule has 3 N–H and O–H groups in total. The fourth-order valence-corrected chi connectivity index (χ4v) is 3.60. The van der Waals surface area contributed by atoms with Gasteiger partial charge in [0.05, 0.1) is 18.3 Å². The fraction of sp³-hybridized carbons (Fsp3) is 0.350. The number of benzene rings is 1. The highest BCUT2D eigenvalue weighted by molar-refractivity contribution is 5.94. The third-order valence-electron chi connectivity index (χ3n) is 5.14. The van der Waals surface area contributed by atoms with Gasteiger partial charge in [-0.3, -0.25) is 9.48 Å². The monoisotopic (exact) mass is 365 g/mol. The van der Waals surface area contributed by atoms with Gasteiger partial charge in [-0.2, -0.15) is 5.10 Å². The molecule has 0 radical (unpaired) electrons. The SMILES string of the molecule is Cc1[nH]c(-c2ccccc2)nc1C(=O)N[C@@H](c1cnn(C)c1)C1CC(O)C1. The smallest absolute Gasteiger partial charge is 0.272 e. The van der Waals surface area contributed by atoms with Gasteiger partial charge in [-0.15, -0.1) is 0 Å². The minimum Gasteiger partial charge on any atom is -0.393 e. The van der Waals surface area contributed by atoms with Crippen molar-refractivity contribution in [3.8, 4) is 11.4 Å². The van der Waals surface area contributed by atoms with Crippen LogP contribution in [-0.4, -0.2) is 36.9 Å². The molecule has 0 bridgehead atoms. The first-order valence-corrected chi connectivity index (χ1v) is 9.10. The van der Waals surface area contributed by atoms with E-state index in [1.54, 1.807) is 10.9 Å². The first-order chi connectivity index (χ1) is 13.0. The van der Waals surface area contributed by atoms with Gasteiger partial charge in [0.1, 0.15) is 11.5 Å². The second kappa shape index (κ2) is 7.00. The number of hydrogen-bond acceptors (Lipinski definition) is 4. The molecule has 1 fully saturated rings. The van der Waals surface area contributed by atoms with Crippen molar-refractivity contribution in [2.45, 2.75) is 31.9 Å². The predicted octanol–water partition coefficient (Wildman–Crippen LogP) is 2.36. The molecule has 0 saturated heterocycles. The number of hydrogen-bond donors (Lipinski definition) is 3.